The zero-order valence-corrected chi connectivity index (χ0v) is 14.1. The summed E-state index contributed by atoms with van der Waals surface area (Å²) < 4.78 is 0. The van der Waals surface area contributed by atoms with Crippen molar-refractivity contribution in [2.75, 3.05) is 6.61 Å². The van der Waals surface area contributed by atoms with E-state index in [0.717, 1.165) is 32.1 Å². The van der Waals surface area contributed by atoms with Gasteiger partial charge < -0.3 is 10.2 Å². The molecular weight excluding hydrogens is 272 g/mol. The maximum Gasteiger partial charge on any atom is 0.307 e. The highest BCUT2D eigenvalue weighted by atomic mass is 32.2. The number of aliphatic carboxylic acids is 1. The van der Waals surface area contributed by atoms with Crippen molar-refractivity contribution < 1.29 is 15.0 Å². The van der Waals surface area contributed by atoms with Gasteiger partial charge in [-0.25, -0.2) is 0 Å². The molecular formula is C16H30O3S. The predicted molar refractivity (Wildman–Crippen MR) is 85.1 cm³/mol. The third-order valence-electron chi connectivity index (χ3n) is 5.07. The zero-order chi connectivity index (χ0) is 15.3. The van der Waals surface area contributed by atoms with Crippen molar-refractivity contribution in [1.82, 2.24) is 0 Å². The zero-order valence-electron chi connectivity index (χ0n) is 13.3. The van der Waals surface area contributed by atoms with Gasteiger partial charge in [0.1, 0.15) is 0 Å². The van der Waals surface area contributed by atoms with Gasteiger partial charge in [-0.3, -0.25) is 4.79 Å². The van der Waals surface area contributed by atoms with Gasteiger partial charge >= 0.3 is 5.97 Å². The molecule has 2 N–H and O–H groups in total. The first kappa shape index (κ1) is 17.8. The SMILES string of the molecule is CCC(C)(C)C1CCC(C(=O)O)C(SC(C)CCO)C1. The summed E-state index contributed by atoms with van der Waals surface area (Å²) in [7, 11) is 0. The van der Waals surface area contributed by atoms with E-state index in [2.05, 4.69) is 27.7 Å². The standard InChI is InChI=1S/C16H30O3S/c1-5-16(3,4)12-6-7-13(15(18)19)14(10-12)20-11(2)8-9-17/h11-14,17H,5-10H2,1-4H3,(H,18,19). The number of carbonyl (C=O) groups is 1. The Kier molecular flexibility index (Phi) is 6.86. The van der Waals surface area contributed by atoms with Gasteiger partial charge in [0, 0.05) is 17.1 Å². The average Bonchev–Trinajstić information content (AvgIpc) is 2.38. The van der Waals surface area contributed by atoms with Gasteiger partial charge in [0.15, 0.2) is 0 Å². The molecule has 3 nitrogen and oxygen atoms in total. The largest absolute Gasteiger partial charge is 0.481 e. The summed E-state index contributed by atoms with van der Waals surface area (Å²) >= 11 is 1.77. The molecule has 1 aliphatic carbocycles. The van der Waals surface area contributed by atoms with Crippen molar-refractivity contribution in [3.63, 3.8) is 0 Å². The van der Waals surface area contributed by atoms with Crippen molar-refractivity contribution in [2.45, 2.75) is 70.3 Å². The number of carboxylic acids is 1. The third kappa shape index (κ3) is 4.66. The van der Waals surface area contributed by atoms with Gasteiger partial charge in [0.05, 0.1) is 5.92 Å². The van der Waals surface area contributed by atoms with E-state index in [1.165, 1.54) is 0 Å². The van der Waals surface area contributed by atoms with E-state index in [9.17, 15) is 9.90 Å². The molecule has 1 fully saturated rings. The van der Waals surface area contributed by atoms with Crippen LogP contribution >= 0.6 is 11.8 Å². The molecule has 0 bridgehead atoms. The fraction of sp³-hybridized carbons (Fsp3) is 0.938. The smallest absolute Gasteiger partial charge is 0.307 e. The van der Waals surface area contributed by atoms with Crippen molar-refractivity contribution in [1.29, 1.82) is 0 Å². The van der Waals surface area contributed by atoms with Crippen molar-refractivity contribution >= 4 is 17.7 Å². The number of hydrogen-bond acceptors (Lipinski definition) is 3. The van der Waals surface area contributed by atoms with E-state index < -0.39 is 5.97 Å². The molecule has 1 rings (SSSR count). The lowest BCUT2D eigenvalue weighted by Gasteiger charge is -2.42. The molecule has 0 aromatic heterocycles. The maximum atomic E-state index is 11.5. The number of thioether (sulfide) groups is 1. The molecule has 0 spiro atoms. The minimum atomic E-state index is -0.647. The Bertz CT molecular complexity index is 317. The van der Waals surface area contributed by atoms with Crippen LogP contribution in [0.15, 0.2) is 0 Å². The Balaban J connectivity index is 2.74. The second-order valence-corrected chi connectivity index (χ2v) is 8.48. The van der Waals surface area contributed by atoms with E-state index in [0.29, 0.717) is 16.6 Å². The molecule has 0 radical (unpaired) electrons. The Morgan fingerprint density at radius 2 is 2.05 bits per heavy atom. The minimum absolute atomic E-state index is 0.183. The second kappa shape index (κ2) is 7.69. The predicted octanol–water partition coefficient (Wildman–Crippen LogP) is 3.80. The molecule has 0 saturated heterocycles. The fourth-order valence-corrected chi connectivity index (χ4v) is 4.73. The third-order valence-corrected chi connectivity index (χ3v) is 6.64. The second-order valence-electron chi connectivity index (χ2n) is 6.79. The van der Waals surface area contributed by atoms with Crippen molar-refractivity contribution in [3.8, 4) is 0 Å². The molecule has 0 amide bonds. The highest BCUT2D eigenvalue weighted by molar-refractivity contribution is 8.00. The Morgan fingerprint density at radius 3 is 2.55 bits per heavy atom. The molecule has 0 aromatic rings. The quantitative estimate of drug-likeness (QED) is 0.751. The van der Waals surface area contributed by atoms with E-state index in [4.69, 9.17) is 5.11 Å². The van der Waals surface area contributed by atoms with Crippen LogP contribution in [0.3, 0.4) is 0 Å². The normalized spacial score (nSPS) is 29.1. The molecule has 1 aliphatic rings. The van der Waals surface area contributed by atoms with Crippen LogP contribution in [-0.4, -0.2) is 33.3 Å². The molecule has 0 aromatic carbocycles. The number of hydrogen-bond donors (Lipinski definition) is 2. The van der Waals surface area contributed by atoms with Crippen LogP contribution in [-0.2, 0) is 4.79 Å². The van der Waals surface area contributed by atoms with Gasteiger partial charge in [-0.1, -0.05) is 34.1 Å². The summed E-state index contributed by atoms with van der Waals surface area (Å²) in [5.74, 6) is -0.251. The topological polar surface area (TPSA) is 57.5 Å². The van der Waals surface area contributed by atoms with Gasteiger partial charge in [-0.05, 0) is 37.0 Å². The molecule has 20 heavy (non-hydrogen) atoms. The number of carboxylic acid groups (broad SMARTS) is 1. The fourth-order valence-electron chi connectivity index (χ4n) is 3.11. The summed E-state index contributed by atoms with van der Waals surface area (Å²) in [6.45, 7) is 9.10. The lowest BCUT2D eigenvalue weighted by molar-refractivity contribution is -0.143. The van der Waals surface area contributed by atoms with Gasteiger partial charge in [0.25, 0.3) is 0 Å². The Labute approximate surface area is 127 Å². The van der Waals surface area contributed by atoms with Crippen LogP contribution in [0.5, 0.6) is 0 Å². The Morgan fingerprint density at radius 1 is 1.40 bits per heavy atom. The monoisotopic (exact) mass is 302 g/mol. The minimum Gasteiger partial charge on any atom is -0.481 e. The van der Waals surface area contributed by atoms with Crippen molar-refractivity contribution in [3.05, 3.63) is 0 Å². The summed E-state index contributed by atoms with van der Waals surface area (Å²) in [5, 5.41) is 19.0. The van der Waals surface area contributed by atoms with Gasteiger partial charge in [-0.15, -0.1) is 0 Å². The Hall–Kier alpha value is -0.220. The molecule has 0 heterocycles. The molecule has 1 saturated carbocycles. The summed E-state index contributed by atoms with van der Waals surface area (Å²) in [6, 6.07) is 0. The number of rotatable bonds is 7. The summed E-state index contributed by atoms with van der Waals surface area (Å²) in [4.78, 5) is 11.5. The molecule has 4 heteroatoms. The first-order valence-corrected chi connectivity index (χ1v) is 8.75. The average molecular weight is 302 g/mol. The molecule has 118 valence electrons. The summed E-state index contributed by atoms with van der Waals surface area (Å²) in [6.07, 6.45) is 4.71. The van der Waals surface area contributed by atoms with E-state index in [-0.39, 0.29) is 17.8 Å². The van der Waals surface area contributed by atoms with Crippen LogP contribution < -0.4 is 0 Å². The molecule has 4 unspecified atom stereocenters. The van der Waals surface area contributed by atoms with E-state index in [1.54, 1.807) is 11.8 Å². The molecule has 0 aliphatic heterocycles. The van der Waals surface area contributed by atoms with E-state index in [1.807, 2.05) is 0 Å². The number of aliphatic hydroxyl groups excluding tert-OH is 1. The first-order valence-electron chi connectivity index (χ1n) is 7.81. The van der Waals surface area contributed by atoms with Crippen LogP contribution in [0, 0.1) is 17.3 Å². The summed E-state index contributed by atoms with van der Waals surface area (Å²) in [5.41, 5.74) is 0.294. The highest BCUT2D eigenvalue weighted by Crippen LogP contribution is 2.46. The lowest BCUT2D eigenvalue weighted by atomic mass is 9.67. The van der Waals surface area contributed by atoms with Crippen LogP contribution in [0.1, 0.15) is 59.8 Å². The van der Waals surface area contributed by atoms with Crippen LogP contribution in [0.4, 0.5) is 0 Å². The van der Waals surface area contributed by atoms with E-state index >= 15 is 0 Å². The first-order chi connectivity index (χ1) is 9.31. The molecule has 4 atom stereocenters. The van der Waals surface area contributed by atoms with Gasteiger partial charge in [0.2, 0.25) is 0 Å². The van der Waals surface area contributed by atoms with Gasteiger partial charge in [-0.2, -0.15) is 11.8 Å². The van der Waals surface area contributed by atoms with Crippen LogP contribution in [0.2, 0.25) is 0 Å². The lowest BCUT2D eigenvalue weighted by Crippen LogP contribution is -2.38. The van der Waals surface area contributed by atoms with Crippen molar-refractivity contribution in [2.24, 2.45) is 17.3 Å². The number of aliphatic hydroxyl groups is 1. The van der Waals surface area contributed by atoms with Crippen LogP contribution in [0.25, 0.3) is 0 Å². The highest BCUT2D eigenvalue weighted by Gasteiger charge is 2.40. The maximum absolute atomic E-state index is 11.5.